The molecular weight excluding hydrogens is 328 g/mol. The summed E-state index contributed by atoms with van der Waals surface area (Å²) in [6.45, 7) is -2.32. The highest BCUT2D eigenvalue weighted by Crippen LogP contribution is 2.22. The van der Waals surface area contributed by atoms with Gasteiger partial charge in [-0.25, -0.2) is 0 Å². The van der Waals surface area contributed by atoms with Crippen LogP contribution < -0.4 is 10.1 Å². The lowest BCUT2D eigenvalue weighted by Gasteiger charge is -2.13. The molecule has 0 fully saturated rings. The van der Waals surface area contributed by atoms with E-state index in [1.165, 1.54) is 30.3 Å². The van der Waals surface area contributed by atoms with E-state index in [1.807, 2.05) is 0 Å². The number of aliphatic hydroxyl groups excluding tert-OH is 1. The molecule has 0 amide bonds. The average Bonchev–Trinajstić information content (AvgIpc) is 2.50. The van der Waals surface area contributed by atoms with Crippen molar-refractivity contribution in [1.82, 2.24) is 5.32 Å². The molecule has 0 aliphatic carbocycles. The molecule has 7 heteroatoms. The number of alkyl halides is 2. The minimum Gasteiger partial charge on any atom is -0.508 e. The summed E-state index contributed by atoms with van der Waals surface area (Å²) in [6.07, 6.45) is -0.822. The Morgan fingerprint density at radius 2 is 1.83 bits per heavy atom. The van der Waals surface area contributed by atoms with Crippen LogP contribution in [0.1, 0.15) is 17.2 Å². The number of halogens is 3. The molecule has 0 aliphatic rings. The van der Waals surface area contributed by atoms with Gasteiger partial charge in [-0.1, -0.05) is 23.7 Å². The average molecular weight is 344 g/mol. The maximum Gasteiger partial charge on any atom is 0.387 e. The van der Waals surface area contributed by atoms with Crippen molar-refractivity contribution >= 4 is 11.6 Å². The predicted octanol–water partition coefficient (Wildman–Crippen LogP) is 3.47. The van der Waals surface area contributed by atoms with Crippen molar-refractivity contribution in [3.05, 3.63) is 58.6 Å². The number of aliphatic hydroxyl groups is 1. The van der Waals surface area contributed by atoms with Gasteiger partial charge < -0.3 is 20.3 Å². The molecular formula is C16H16ClF2NO3. The van der Waals surface area contributed by atoms with Crippen LogP contribution in [0.5, 0.6) is 11.5 Å². The van der Waals surface area contributed by atoms with Crippen LogP contribution in [-0.2, 0) is 6.54 Å². The second-order valence-corrected chi connectivity index (χ2v) is 5.30. The van der Waals surface area contributed by atoms with Crippen LogP contribution in [0.15, 0.2) is 42.5 Å². The lowest BCUT2D eigenvalue weighted by molar-refractivity contribution is -0.0498. The number of benzene rings is 2. The SMILES string of the molecule is Oc1ccc(Cl)cc1CNCC(O)c1ccc(OC(F)F)cc1. The Labute approximate surface area is 137 Å². The fourth-order valence-electron chi connectivity index (χ4n) is 2.03. The quantitative estimate of drug-likeness (QED) is 0.720. The van der Waals surface area contributed by atoms with Gasteiger partial charge in [0.25, 0.3) is 0 Å². The third kappa shape index (κ3) is 5.35. The van der Waals surface area contributed by atoms with Gasteiger partial charge in [0.05, 0.1) is 6.10 Å². The van der Waals surface area contributed by atoms with Crippen LogP contribution in [0.4, 0.5) is 8.78 Å². The molecule has 0 bridgehead atoms. The summed E-state index contributed by atoms with van der Waals surface area (Å²) in [5.74, 6) is 0.151. The van der Waals surface area contributed by atoms with Gasteiger partial charge in [0.2, 0.25) is 0 Å². The normalized spacial score (nSPS) is 12.4. The summed E-state index contributed by atoms with van der Waals surface area (Å²) in [6, 6.07) is 10.5. The van der Waals surface area contributed by atoms with Crippen molar-refractivity contribution < 1.29 is 23.7 Å². The summed E-state index contributed by atoms with van der Waals surface area (Å²) in [7, 11) is 0. The number of aromatic hydroxyl groups is 1. The van der Waals surface area contributed by atoms with E-state index in [1.54, 1.807) is 12.1 Å². The highest BCUT2D eigenvalue weighted by molar-refractivity contribution is 6.30. The van der Waals surface area contributed by atoms with Gasteiger partial charge >= 0.3 is 6.61 Å². The van der Waals surface area contributed by atoms with Crippen molar-refractivity contribution in [2.75, 3.05) is 6.54 Å². The molecule has 124 valence electrons. The molecule has 1 unspecified atom stereocenters. The Hall–Kier alpha value is -1.89. The van der Waals surface area contributed by atoms with E-state index < -0.39 is 12.7 Å². The number of hydrogen-bond acceptors (Lipinski definition) is 4. The molecule has 0 saturated carbocycles. The van der Waals surface area contributed by atoms with Crippen LogP contribution in [0.2, 0.25) is 5.02 Å². The van der Waals surface area contributed by atoms with Crippen LogP contribution >= 0.6 is 11.6 Å². The first-order valence-corrected chi connectivity index (χ1v) is 7.24. The number of phenols is 1. The van der Waals surface area contributed by atoms with Crippen molar-refractivity contribution in [2.45, 2.75) is 19.3 Å². The number of phenolic OH excluding ortho intramolecular Hbond substituents is 1. The molecule has 4 nitrogen and oxygen atoms in total. The Balaban J connectivity index is 1.87. The Bertz CT molecular complexity index is 638. The highest BCUT2D eigenvalue weighted by Gasteiger charge is 2.10. The van der Waals surface area contributed by atoms with Crippen LogP contribution in [-0.4, -0.2) is 23.4 Å². The Morgan fingerprint density at radius 1 is 1.13 bits per heavy atom. The minimum absolute atomic E-state index is 0.0350. The van der Waals surface area contributed by atoms with Gasteiger partial charge in [0, 0.05) is 23.7 Å². The molecule has 2 aromatic carbocycles. The number of hydrogen-bond donors (Lipinski definition) is 3. The monoisotopic (exact) mass is 343 g/mol. The second-order valence-electron chi connectivity index (χ2n) is 4.87. The van der Waals surface area contributed by atoms with E-state index in [-0.39, 0.29) is 18.0 Å². The van der Waals surface area contributed by atoms with Crippen molar-refractivity contribution in [3.63, 3.8) is 0 Å². The van der Waals surface area contributed by atoms with Gasteiger partial charge in [0.1, 0.15) is 11.5 Å². The van der Waals surface area contributed by atoms with Crippen LogP contribution in [0.25, 0.3) is 0 Å². The smallest absolute Gasteiger partial charge is 0.387 e. The molecule has 0 aliphatic heterocycles. The fourth-order valence-corrected chi connectivity index (χ4v) is 2.22. The first-order chi connectivity index (χ1) is 11.0. The van der Waals surface area contributed by atoms with E-state index in [9.17, 15) is 19.0 Å². The van der Waals surface area contributed by atoms with Crippen LogP contribution in [0, 0.1) is 0 Å². The Kier molecular flexibility index (Phi) is 6.15. The van der Waals surface area contributed by atoms with E-state index in [0.717, 1.165) is 0 Å². The number of nitrogens with one attached hydrogen (secondary N) is 1. The summed E-state index contributed by atoms with van der Waals surface area (Å²) in [5, 5.41) is 23.2. The standard InChI is InChI=1S/C16H16ClF2NO3/c17-12-3-6-14(21)11(7-12)8-20-9-15(22)10-1-4-13(5-2-10)23-16(18)19/h1-7,15-16,20-22H,8-9H2. The molecule has 0 aromatic heterocycles. The van der Waals surface area contributed by atoms with E-state index in [2.05, 4.69) is 10.1 Å². The van der Waals surface area contributed by atoms with Crippen LogP contribution in [0.3, 0.4) is 0 Å². The van der Waals surface area contributed by atoms with Gasteiger partial charge in [-0.05, 0) is 35.9 Å². The number of rotatable bonds is 7. The number of ether oxygens (including phenoxy) is 1. The molecule has 3 N–H and O–H groups in total. The lowest BCUT2D eigenvalue weighted by Crippen LogP contribution is -2.21. The predicted molar refractivity (Wildman–Crippen MR) is 82.9 cm³/mol. The van der Waals surface area contributed by atoms with E-state index >= 15 is 0 Å². The molecule has 1 atom stereocenters. The zero-order valence-corrected chi connectivity index (χ0v) is 12.8. The molecule has 2 aromatic rings. The van der Waals surface area contributed by atoms with E-state index in [4.69, 9.17) is 11.6 Å². The van der Waals surface area contributed by atoms with E-state index in [0.29, 0.717) is 22.7 Å². The van der Waals surface area contributed by atoms with Gasteiger partial charge in [-0.15, -0.1) is 0 Å². The molecule has 23 heavy (non-hydrogen) atoms. The second kappa shape index (κ2) is 8.10. The zero-order chi connectivity index (χ0) is 16.8. The highest BCUT2D eigenvalue weighted by atomic mass is 35.5. The summed E-state index contributed by atoms with van der Waals surface area (Å²) in [4.78, 5) is 0. The maximum absolute atomic E-state index is 12.1. The topological polar surface area (TPSA) is 61.7 Å². The summed E-state index contributed by atoms with van der Waals surface area (Å²) >= 11 is 5.85. The molecule has 0 spiro atoms. The molecule has 2 rings (SSSR count). The maximum atomic E-state index is 12.1. The Morgan fingerprint density at radius 3 is 2.48 bits per heavy atom. The van der Waals surface area contributed by atoms with Crippen molar-refractivity contribution in [1.29, 1.82) is 0 Å². The van der Waals surface area contributed by atoms with Crippen molar-refractivity contribution in [2.24, 2.45) is 0 Å². The largest absolute Gasteiger partial charge is 0.508 e. The summed E-state index contributed by atoms with van der Waals surface area (Å²) in [5.41, 5.74) is 1.18. The van der Waals surface area contributed by atoms with Gasteiger partial charge in [0.15, 0.2) is 0 Å². The zero-order valence-electron chi connectivity index (χ0n) is 12.0. The first kappa shape index (κ1) is 17.5. The van der Waals surface area contributed by atoms with Gasteiger partial charge in [-0.2, -0.15) is 8.78 Å². The van der Waals surface area contributed by atoms with Crippen molar-refractivity contribution in [3.8, 4) is 11.5 Å². The minimum atomic E-state index is -2.88. The van der Waals surface area contributed by atoms with Gasteiger partial charge in [-0.3, -0.25) is 0 Å². The third-order valence-electron chi connectivity index (χ3n) is 3.18. The lowest BCUT2D eigenvalue weighted by atomic mass is 10.1. The third-order valence-corrected chi connectivity index (χ3v) is 3.42. The first-order valence-electron chi connectivity index (χ1n) is 6.86. The summed E-state index contributed by atoms with van der Waals surface area (Å²) < 4.78 is 28.4. The molecule has 0 heterocycles. The molecule has 0 saturated heterocycles. The fraction of sp³-hybridized carbons (Fsp3) is 0.250. The molecule has 0 radical (unpaired) electrons.